The van der Waals surface area contributed by atoms with Crippen LogP contribution in [0.3, 0.4) is 0 Å². The van der Waals surface area contributed by atoms with E-state index in [1.54, 1.807) is 6.92 Å². The summed E-state index contributed by atoms with van der Waals surface area (Å²) >= 11 is 0. The average Bonchev–Trinajstić information content (AvgIpc) is 3.30. The van der Waals surface area contributed by atoms with Crippen molar-refractivity contribution in [3.8, 4) is 11.5 Å². The topological polar surface area (TPSA) is 71.3 Å². The van der Waals surface area contributed by atoms with Crippen LogP contribution in [-0.2, 0) is 4.79 Å². The number of benzene rings is 2. The van der Waals surface area contributed by atoms with Gasteiger partial charge in [-0.3, -0.25) is 4.79 Å². The summed E-state index contributed by atoms with van der Waals surface area (Å²) < 4.78 is 5.45. The Morgan fingerprint density at radius 1 is 1.11 bits per heavy atom. The Morgan fingerprint density at radius 3 is 2.56 bits per heavy atom. The molecule has 1 amide bonds. The van der Waals surface area contributed by atoms with Crippen molar-refractivity contribution in [3.63, 3.8) is 0 Å². The molecule has 0 aliphatic carbocycles. The fraction of sp³-hybridized carbons (Fsp3) is 0.286. The van der Waals surface area contributed by atoms with Crippen LogP contribution in [0.2, 0.25) is 0 Å². The molecule has 0 radical (unpaired) electrons. The van der Waals surface area contributed by atoms with Crippen molar-refractivity contribution in [2.24, 2.45) is 0 Å². The number of aromatic nitrogens is 2. The molecule has 4 rings (SSSR count). The second-order valence-corrected chi connectivity index (χ2v) is 6.99. The lowest BCUT2D eigenvalue weighted by Crippen LogP contribution is -2.38. The molecule has 0 bridgehead atoms. The van der Waals surface area contributed by atoms with Gasteiger partial charge in [-0.1, -0.05) is 48.0 Å². The summed E-state index contributed by atoms with van der Waals surface area (Å²) in [7, 11) is 0. The van der Waals surface area contributed by atoms with E-state index < -0.39 is 0 Å². The summed E-state index contributed by atoms with van der Waals surface area (Å²) in [4.78, 5) is 18.3. The van der Waals surface area contributed by atoms with Gasteiger partial charge in [0.25, 0.3) is 11.8 Å². The number of carbonyl (C=O) groups excluding carboxylic acids is 1. The van der Waals surface area contributed by atoms with Crippen LogP contribution in [0.25, 0.3) is 11.5 Å². The molecule has 1 aliphatic heterocycles. The first-order valence-corrected chi connectivity index (χ1v) is 9.08. The molecule has 3 aromatic rings. The van der Waals surface area contributed by atoms with E-state index in [-0.39, 0.29) is 17.9 Å². The lowest BCUT2D eigenvalue weighted by atomic mass is 9.93. The molecule has 2 heterocycles. The largest absolute Gasteiger partial charge is 0.351 e. The highest BCUT2D eigenvalue weighted by Gasteiger charge is 2.36. The molecular weight excluding hydrogens is 340 g/mol. The SMILES string of the molecule is CC(=O)N[C@@H]1CN(c2noc(-c3ccccc3)n2)C[C@H]1c1ccc(C)cc1. The van der Waals surface area contributed by atoms with E-state index >= 15 is 0 Å². The van der Waals surface area contributed by atoms with E-state index in [0.29, 0.717) is 18.4 Å². The van der Waals surface area contributed by atoms with Gasteiger partial charge in [0, 0.05) is 31.5 Å². The maximum absolute atomic E-state index is 11.7. The minimum atomic E-state index is -0.0305. The van der Waals surface area contributed by atoms with Crippen molar-refractivity contribution in [3.05, 3.63) is 65.7 Å². The second kappa shape index (κ2) is 7.23. The van der Waals surface area contributed by atoms with Crippen molar-refractivity contribution in [2.75, 3.05) is 18.0 Å². The molecule has 1 fully saturated rings. The van der Waals surface area contributed by atoms with E-state index in [9.17, 15) is 4.79 Å². The molecule has 0 spiro atoms. The summed E-state index contributed by atoms with van der Waals surface area (Å²) in [6.45, 7) is 4.99. The highest BCUT2D eigenvalue weighted by atomic mass is 16.5. The monoisotopic (exact) mass is 362 g/mol. The number of rotatable bonds is 4. The van der Waals surface area contributed by atoms with Crippen molar-refractivity contribution < 1.29 is 9.32 Å². The number of nitrogens with zero attached hydrogens (tertiary/aromatic N) is 3. The van der Waals surface area contributed by atoms with Gasteiger partial charge in [0.05, 0.1) is 6.04 Å². The number of nitrogens with one attached hydrogen (secondary N) is 1. The number of amides is 1. The zero-order valence-corrected chi connectivity index (χ0v) is 15.4. The standard InChI is InChI=1S/C21H22N4O2/c1-14-8-10-16(11-9-14)18-12-25(13-19(18)22-15(2)26)21-23-20(27-24-21)17-6-4-3-5-7-17/h3-11,18-19H,12-13H2,1-2H3,(H,22,26)/t18-,19+/m0/s1. The molecule has 0 saturated carbocycles. The molecule has 138 valence electrons. The van der Waals surface area contributed by atoms with Gasteiger partial charge < -0.3 is 14.7 Å². The molecule has 6 nitrogen and oxygen atoms in total. The third kappa shape index (κ3) is 3.69. The number of hydrogen-bond acceptors (Lipinski definition) is 5. The molecule has 6 heteroatoms. The molecule has 1 N–H and O–H groups in total. The normalized spacial score (nSPS) is 19.3. The lowest BCUT2D eigenvalue weighted by Gasteiger charge is -2.19. The molecule has 1 aromatic heterocycles. The third-order valence-electron chi connectivity index (χ3n) is 4.93. The van der Waals surface area contributed by atoms with Crippen LogP contribution < -0.4 is 10.2 Å². The van der Waals surface area contributed by atoms with Crippen LogP contribution in [-0.4, -0.2) is 35.2 Å². The minimum absolute atomic E-state index is 0.00359. The number of carbonyl (C=O) groups is 1. The van der Waals surface area contributed by atoms with Crippen molar-refractivity contribution in [1.29, 1.82) is 0 Å². The van der Waals surface area contributed by atoms with Gasteiger partial charge in [0.15, 0.2) is 0 Å². The van der Waals surface area contributed by atoms with Crippen LogP contribution in [0.4, 0.5) is 5.95 Å². The van der Waals surface area contributed by atoms with Crippen LogP contribution in [0.1, 0.15) is 24.0 Å². The first-order valence-electron chi connectivity index (χ1n) is 9.08. The smallest absolute Gasteiger partial charge is 0.266 e. The third-order valence-corrected chi connectivity index (χ3v) is 4.93. The van der Waals surface area contributed by atoms with Crippen LogP contribution in [0, 0.1) is 6.92 Å². The Labute approximate surface area is 158 Å². The van der Waals surface area contributed by atoms with E-state index in [1.165, 1.54) is 11.1 Å². The van der Waals surface area contributed by atoms with Crippen molar-refractivity contribution in [2.45, 2.75) is 25.8 Å². The molecule has 27 heavy (non-hydrogen) atoms. The van der Waals surface area contributed by atoms with Gasteiger partial charge in [-0.15, -0.1) is 0 Å². The molecule has 1 aliphatic rings. The fourth-order valence-electron chi connectivity index (χ4n) is 3.57. The van der Waals surface area contributed by atoms with Gasteiger partial charge in [-0.25, -0.2) is 0 Å². The summed E-state index contributed by atoms with van der Waals surface area (Å²) in [6.07, 6.45) is 0. The van der Waals surface area contributed by atoms with E-state index in [2.05, 4.69) is 51.5 Å². The fourth-order valence-corrected chi connectivity index (χ4v) is 3.57. The Kier molecular flexibility index (Phi) is 4.62. The number of aryl methyl sites for hydroxylation is 1. The Hall–Kier alpha value is -3.15. The predicted molar refractivity (Wildman–Crippen MR) is 103 cm³/mol. The molecule has 1 saturated heterocycles. The predicted octanol–water partition coefficient (Wildman–Crippen LogP) is 3.15. The lowest BCUT2D eigenvalue weighted by molar-refractivity contribution is -0.119. The van der Waals surface area contributed by atoms with E-state index in [1.807, 2.05) is 30.3 Å². The van der Waals surface area contributed by atoms with E-state index in [4.69, 9.17) is 4.52 Å². The van der Waals surface area contributed by atoms with Crippen LogP contribution >= 0.6 is 0 Å². The van der Waals surface area contributed by atoms with Crippen LogP contribution in [0.5, 0.6) is 0 Å². The molecule has 2 atom stereocenters. The first kappa shape index (κ1) is 17.3. The molecule has 2 aromatic carbocycles. The quantitative estimate of drug-likeness (QED) is 0.772. The zero-order valence-electron chi connectivity index (χ0n) is 15.4. The van der Waals surface area contributed by atoms with Gasteiger partial charge >= 0.3 is 0 Å². The van der Waals surface area contributed by atoms with Crippen molar-refractivity contribution in [1.82, 2.24) is 15.5 Å². The van der Waals surface area contributed by atoms with Gasteiger partial charge in [-0.05, 0) is 29.8 Å². The van der Waals surface area contributed by atoms with Gasteiger partial charge in [0.2, 0.25) is 5.91 Å². The Balaban J connectivity index is 1.58. The average molecular weight is 362 g/mol. The van der Waals surface area contributed by atoms with Gasteiger partial charge in [-0.2, -0.15) is 4.98 Å². The summed E-state index contributed by atoms with van der Waals surface area (Å²) in [6, 6.07) is 18.2. The van der Waals surface area contributed by atoms with E-state index in [0.717, 1.165) is 12.1 Å². The summed E-state index contributed by atoms with van der Waals surface area (Å²) in [5, 5.41) is 7.23. The minimum Gasteiger partial charge on any atom is -0.351 e. The number of anilines is 1. The second-order valence-electron chi connectivity index (χ2n) is 6.99. The van der Waals surface area contributed by atoms with Crippen LogP contribution in [0.15, 0.2) is 59.1 Å². The first-order chi connectivity index (χ1) is 13.1. The van der Waals surface area contributed by atoms with Crippen molar-refractivity contribution >= 4 is 11.9 Å². The Bertz CT molecular complexity index is 921. The molecular formula is C21H22N4O2. The highest BCUT2D eigenvalue weighted by Crippen LogP contribution is 2.31. The summed E-state index contributed by atoms with van der Waals surface area (Å²) in [5.74, 6) is 1.20. The summed E-state index contributed by atoms with van der Waals surface area (Å²) in [5.41, 5.74) is 3.31. The Morgan fingerprint density at radius 2 is 1.85 bits per heavy atom. The molecule has 0 unspecified atom stereocenters. The maximum atomic E-state index is 11.7. The van der Waals surface area contributed by atoms with Gasteiger partial charge in [0.1, 0.15) is 0 Å². The number of hydrogen-bond donors (Lipinski definition) is 1. The highest BCUT2D eigenvalue weighted by molar-refractivity contribution is 5.73. The zero-order chi connectivity index (χ0) is 18.8. The maximum Gasteiger partial charge on any atom is 0.266 e.